The molecular formula is C18H29N5O2S. The molecule has 1 aromatic heterocycles. The molecule has 2 N–H and O–H groups in total. The summed E-state index contributed by atoms with van der Waals surface area (Å²) >= 11 is 0. The quantitative estimate of drug-likeness (QED) is 0.808. The lowest BCUT2D eigenvalue weighted by atomic mass is 9.78. The maximum atomic E-state index is 12.3. The molecule has 3 fully saturated rings. The zero-order valence-corrected chi connectivity index (χ0v) is 16.3. The van der Waals surface area contributed by atoms with Crippen LogP contribution in [0.3, 0.4) is 0 Å². The normalized spacial score (nSPS) is 26.3. The van der Waals surface area contributed by atoms with Gasteiger partial charge in [0.25, 0.3) is 0 Å². The van der Waals surface area contributed by atoms with Crippen LogP contribution in [-0.4, -0.2) is 63.9 Å². The molecule has 26 heavy (non-hydrogen) atoms. The maximum absolute atomic E-state index is 12.3. The number of sulfone groups is 1. The lowest BCUT2D eigenvalue weighted by Gasteiger charge is -2.33. The summed E-state index contributed by atoms with van der Waals surface area (Å²) < 4.78 is 24.5. The van der Waals surface area contributed by atoms with Crippen LogP contribution in [0, 0.1) is 5.41 Å². The van der Waals surface area contributed by atoms with E-state index in [2.05, 4.69) is 20.5 Å². The SMILES string of the molecule is CS(=O)(=O)c1cnc(N2CCC3(CCNCC3)C2)nc1C1CCCNC1. The minimum absolute atomic E-state index is 0.144. The highest BCUT2D eigenvalue weighted by molar-refractivity contribution is 7.90. The minimum atomic E-state index is -3.33. The fourth-order valence-corrected chi connectivity index (χ4v) is 5.50. The van der Waals surface area contributed by atoms with Crippen molar-refractivity contribution in [2.45, 2.75) is 42.9 Å². The number of aromatic nitrogens is 2. The first-order valence-corrected chi connectivity index (χ1v) is 11.6. The third-order valence-corrected chi connectivity index (χ3v) is 7.35. The van der Waals surface area contributed by atoms with E-state index in [9.17, 15) is 8.42 Å². The molecule has 0 amide bonds. The van der Waals surface area contributed by atoms with Crippen molar-refractivity contribution in [1.29, 1.82) is 0 Å². The molecule has 0 radical (unpaired) electrons. The first-order valence-electron chi connectivity index (χ1n) is 9.70. The Balaban J connectivity index is 1.63. The Morgan fingerprint density at radius 2 is 2.00 bits per heavy atom. The standard InChI is InChI=1S/C18H29N5O2S/c1-26(24,25)15-12-21-17(22-16(15)14-3-2-7-20-11-14)23-10-6-18(13-23)4-8-19-9-5-18/h12,14,19-20H,2-11,13H2,1H3. The largest absolute Gasteiger partial charge is 0.340 e. The van der Waals surface area contributed by atoms with Crippen molar-refractivity contribution < 1.29 is 8.42 Å². The molecule has 8 heteroatoms. The molecular weight excluding hydrogens is 350 g/mol. The van der Waals surface area contributed by atoms with E-state index in [0.29, 0.717) is 22.0 Å². The van der Waals surface area contributed by atoms with E-state index in [-0.39, 0.29) is 5.92 Å². The summed E-state index contributed by atoms with van der Waals surface area (Å²) in [6.45, 7) is 5.89. The van der Waals surface area contributed by atoms with Crippen molar-refractivity contribution in [3.8, 4) is 0 Å². The fraction of sp³-hybridized carbons (Fsp3) is 0.778. The van der Waals surface area contributed by atoms with Crippen LogP contribution >= 0.6 is 0 Å². The van der Waals surface area contributed by atoms with Crippen molar-refractivity contribution in [3.63, 3.8) is 0 Å². The van der Waals surface area contributed by atoms with Crippen molar-refractivity contribution >= 4 is 15.8 Å². The van der Waals surface area contributed by atoms with Gasteiger partial charge in [-0.05, 0) is 57.2 Å². The second-order valence-electron chi connectivity index (χ2n) is 8.16. The molecule has 0 aromatic carbocycles. The van der Waals surface area contributed by atoms with Crippen molar-refractivity contribution in [3.05, 3.63) is 11.9 Å². The molecule has 4 rings (SSSR count). The van der Waals surface area contributed by atoms with Gasteiger partial charge in [-0.2, -0.15) is 0 Å². The first-order chi connectivity index (χ1) is 12.5. The van der Waals surface area contributed by atoms with Gasteiger partial charge in [0.2, 0.25) is 5.95 Å². The van der Waals surface area contributed by atoms with Gasteiger partial charge in [0.1, 0.15) is 4.90 Å². The van der Waals surface area contributed by atoms with Crippen molar-refractivity contribution in [2.24, 2.45) is 5.41 Å². The summed E-state index contributed by atoms with van der Waals surface area (Å²) in [5, 5.41) is 6.82. The van der Waals surface area contributed by atoms with Gasteiger partial charge in [-0.15, -0.1) is 0 Å². The molecule has 1 spiro atoms. The first kappa shape index (κ1) is 18.1. The number of nitrogens with zero attached hydrogens (tertiary/aromatic N) is 3. The van der Waals surface area contributed by atoms with Gasteiger partial charge in [-0.3, -0.25) is 0 Å². The number of hydrogen-bond donors (Lipinski definition) is 2. The van der Waals surface area contributed by atoms with E-state index in [1.807, 2.05) is 0 Å². The van der Waals surface area contributed by atoms with E-state index in [1.54, 1.807) is 0 Å². The number of hydrogen-bond acceptors (Lipinski definition) is 7. The predicted molar refractivity (Wildman–Crippen MR) is 101 cm³/mol. The van der Waals surface area contributed by atoms with Gasteiger partial charge in [-0.1, -0.05) is 0 Å². The van der Waals surface area contributed by atoms with E-state index >= 15 is 0 Å². The molecule has 1 atom stereocenters. The molecule has 4 heterocycles. The lowest BCUT2D eigenvalue weighted by molar-refractivity contribution is 0.232. The minimum Gasteiger partial charge on any atom is -0.340 e. The second-order valence-corrected chi connectivity index (χ2v) is 10.1. The Morgan fingerprint density at radius 3 is 2.69 bits per heavy atom. The maximum Gasteiger partial charge on any atom is 0.225 e. The lowest BCUT2D eigenvalue weighted by Crippen LogP contribution is -2.39. The highest BCUT2D eigenvalue weighted by atomic mass is 32.2. The summed E-state index contributed by atoms with van der Waals surface area (Å²) in [5.41, 5.74) is 1.08. The highest BCUT2D eigenvalue weighted by Gasteiger charge is 2.40. The van der Waals surface area contributed by atoms with E-state index < -0.39 is 9.84 Å². The molecule has 3 aliphatic heterocycles. The van der Waals surface area contributed by atoms with E-state index in [1.165, 1.54) is 31.7 Å². The Hall–Kier alpha value is -1.25. The molecule has 3 aliphatic rings. The highest BCUT2D eigenvalue weighted by Crippen LogP contribution is 2.40. The molecule has 1 unspecified atom stereocenters. The molecule has 0 saturated carbocycles. The average molecular weight is 380 g/mol. The van der Waals surface area contributed by atoms with Gasteiger partial charge in [-0.25, -0.2) is 18.4 Å². The molecule has 1 aromatic rings. The Bertz CT molecular complexity index is 755. The van der Waals surface area contributed by atoms with Gasteiger partial charge < -0.3 is 15.5 Å². The van der Waals surface area contributed by atoms with E-state index in [0.717, 1.165) is 52.1 Å². The smallest absolute Gasteiger partial charge is 0.225 e. The van der Waals surface area contributed by atoms with Gasteiger partial charge in [0.05, 0.1) is 11.9 Å². The van der Waals surface area contributed by atoms with Crippen LogP contribution in [0.15, 0.2) is 11.1 Å². The van der Waals surface area contributed by atoms with Gasteiger partial charge in [0.15, 0.2) is 9.84 Å². The topological polar surface area (TPSA) is 87.2 Å². The summed E-state index contributed by atoms with van der Waals surface area (Å²) in [6.07, 6.45) is 8.38. The monoisotopic (exact) mass is 379 g/mol. The molecule has 0 aliphatic carbocycles. The predicted octanol–water partition coefficient (Wildman–Crippen LogP) is 0.927. The third-order valence-electron chi connectivity index (χ3n) is 6.24. The van der Waals surface area contributed by atoms with Crippen LogP contribution in [0.2, 0.25) is 0 Å². The number of nitrogens with one attached hydrogen (secondary N) is 2. The van der Waals surface area contributed by atoms with Gasteiger partial charge in [0, 0.05) is 31.8 Å². The second kappa shape index (κ2) is 7.05. The summed E-state index contributed by atoms with van der Waals surface area (Å²) in [6, 6.07) is 0. The average Bonchev–Trinajstić information content (AvgIpc) is 3.05. The van der Waals surface area contributed by atoms with Crippen LogP contribution in [0.5, 0.6) is 0 Å². The summed E-state index contributed by atoms with van der Waals surface area (Å²) in [4.78, 5) is 11.8. The van der Waals surface area contributed by atoms with Crippen molar-refractivity contribution in [1.82, 2.24) is 20.6 Å². The number of piperidine rings is 2. The van der Waals surface area contributed by atoms with E-state index in [4.69, 9.17) is 4.98 Å². The Morgan fingerprint density at radius 1 is 1.19 bits per heavy atom. The van der Waals surface area contributed by atoms with Crippen LogP contribution in [0.1, 0.15) is 43.7 Å². The van der Waals surface area contributed by atoms with Crippen LogP contribution in [0.25, 0.3) is 0 Å². The summed E-state index contributed by atoms with van der Waals surface area (Å²) in [7, 11) is -3.33. The van der Waals surface area contributed by atoms with Gasteiger partial charge >= 0.3 is 0 Å². The zero-order chi connectivity index (χ0) is 18.2. The van der Waals surface area contributed by atoms with Crippen LogP contribution in [0.4, 0.5) is 5.95 Å². The fourth-order valence-electron chi connectivity index (χ4n) is 4.66. The number of rotatable bonds is 3. The molecule has 0 bridgehead atoms. The molecule has 3 saturated heterocycles. The van der Waals surface area contributed by atoms with Crippen LogP contribution in [-0.2, 0) is 9.84 Å². The molecule has 7 nitrogen and oxygen atoms in total. The third kappa shape index (κ3) is 3.59. The zero-order valence-electron chi connectivity index (χ0n) is 15.5. The Kier molecular flexibility index (Phi) is 4.92. The number of anilines is 1. The van der Waals surface area contributed by atoms with Crippen LogP contribution < -0.4 is 15.5 Å². The Labute approximate surface area is 155 Å². The summed E-state index contributed by atoms with van der Waals surface area (Å²) in [5.74, 6) is 0.846. The molecule has 144 valence electrons. The van der Waals surface area contributed by atoms with Crippen molar-refractivity contribution in [2.75, 3.05) is 50.4 Å².